The van der Waals surface area contributed by atoms with Gasteiger partial charge in [-0.05, 0) is 29.8 Å². The van der Waals surface area contributed by atoms with Crippen LogP contribution in [0.5, 0.6) is 5.75 Å². The highest BCUT2D eigenvalue weighted by Gasteiger charge is 1.97. The summed E-state index contributed by atoms with van der Waals surface area (Å²) in [6, 6.07) is 18.3. The molecule has 2 aromatic carbocycles. The molecule has 2 nitrogen and oxygen atoms in total. The van der Waals surface area contributed by atoms with Gasteiger partial charge in [0, 0.05) is 19.8 Å². The Kier molecular flexibility index (Phi) is 3.66. The minimum Gasteiger partial charge on any atom is -0.489 e. The average Bonchev–Trinajstić information content (AvgIpc) is 2.38. The first-order valence-electron chi connectivity index (χ1n) is 5.70. The Morgan fingerprint density at radius 3 is 2.12 bits per heavy atom. The molecule has 88 valence electrons. The molecule has 0 spiro atoms. The molecule has 0 fully saturated rings. The lowest BCUT2D eigenvalue weighted by Gasteiger charge is -2.13. The maximum Gasteiger partial charge on any atom is 0.119 e. The summed E-state index contributed by atoms with van der Waals surface area (Å²) in [6.07, 6.45) is 0. The van der Waals surface area contributed by atoms with Crippen molar-refractivity contribution in [1.29, 1.82) is 0 Å². The van der Waals surface area contributed by atoms with Gasteiger partial charge < -0.3 is 9.64 Å². The minimum atomic E-state index is 0.613. The average molecular weight is 227 g/mol. The molecule has 0 amide bonds. The largest absolute Gasteiger partial charge is 0.489 e. The molecule has 0 radical (unpaired) electrons. The molecule has 2 aromatic rings. The van der Waals surface area contributed by atoms with Crippen LogP contribution in [0.1, 0.15) is 5.56 Å². The van der Waals surface area contributed by atoms with E-state index in [0.29, 0.717) is 6.61 Å². The maximum absolute atomic E-state index is 5.71. The Hall–Kier alpha value is -1.96. The number of nitrogens with zero attached hydrogens (tertiary/aromatic N) is 1. The normalized spacial score (nSPS) is 10.0. The maximum atomic E-state index is 5.71. The predicted octanol–water partition coefficient (Wildman–Crippen LogP) is 3.33. The van der Waals surface area contributed by atoms with Crippen LogP contribution in [0.15, 0.2) is 54.6 Å². The highest BCUT2D eigenvalue weighted by Crippen LogP contribution is 2.18. The lowest BCUT2D eigenvalue weighted by Crippen LogP contribution is -2.08. The first kappa shape index (κ1) is 11.5. The molecule has 0 saturated heterocycles. The molecule has 0 atom stereocenters. The summed E-state index contributed by atoms with van der Waals surface area (Å²) in [5, 5.41) is 0. The lowest BCUT2D eigenvalue weighted by molar-refractivity contribution is 0.306. The lowest BCUT2D eigenvalue weighted by atomic mass is 10.2. The topological polar surface area (TPSA) is 12.5 Å². The van der Waals surface area contributed by atoms with Gasteiger partial charge in [0.25, 0.3) is 0 Å². The van der Waals surface area contributed by atoms with Crippen molar-refractivity contribution in [3.63, 3.8) is 0 Å². The van der Waals surface area contributed by atoms with Gasteiger partial charge in [0.2, 0.25) is 0 Å². The Morgan fingerprint density at radius 2 is 1.53 bits per heavy atom. The van der Waals surface area contributed by atoms with Gasteiger partial charge in [-0.3, -0.25) is 0 Å². The van der Waals surface area contributed by atoms with Gasteiger partial charge in [-0.2, -0.15) is 0 Å². The second-order valence-electron chi connectivity index (χ2n) is 4.16. The van der Waals surface area contributed by atoms with E-state index in [2.05, 4.69) is 29.2 Å². The summed E-state index contributed by atoms with van der Waals surface area (Å²) in [5.74, 6) is 0.902. The SMILES string of the molecule is CN(C)c1ccc(OCc2ccccc2)cc1. The smallest absolute Gasteiger partial charge is 0.119 e. The summed E-state index contributed by atoms with van der Waals surface area (Å²) in [7, 11) is 4.06. The number of anilines is 1. The van der Waals surface area contributed by atoms with Crippen LogP contribution in [-0.2, 0) is 6.61 Å². The molecule has 17 heavy (non-hydrogen) atoms. The Labute approximate surface area is 102 Å². The van der Waals surface area contributed by atoms with E-state index in [-0.39, 0.29) is 0 Å². The summed E-state index contributed by atoms with van der Waals surface area (Å²) in [6.45, 7) is 0.613. The van der Waals surface area contributed by atoms with E-state index in [1.165, 1.54) is 11.3 Å². The number of rotatable bonds is 4. The van der Waals surface area contributed by atoms with E-state index in [0.717, 1.165) is 5.75 Å². The second kappa shape index (κ2) is 5.39. The molecule has 0 aromatic heterocycles. The highest BCUT2D eigenvalue weighted by molar-refractivity contribution is 5.47. The quantitative estimate of drug-likeness (QED) is 0.794. The summed E-state index contributed by atoms with van der Waals surface area (Å²) < 4.78 is 5.71. The molecule has 0 saturated carbocycles. The van der Waals surface area contributed by atoms with Crippen LogP contribution < -0.4 is 9.64 Å². The van der Waals surface area contributed by atoms with E-state index in [1.807, 2.05) is 44.4 Å². The minimum absolute atomic E-state index is 0.613. The van der Waals surface area contributed by atoms with Crippen LogP contribution in [0.2, 0.25) is 0 Å². The molecule has 0 aliphatic rings. The van der Waals surface area contributed by atoms with Crippen molar-refractivity contribution >= 4 is 5.69 Å². The molecule has 0 unspecified atom stereocenters. The third-order valence-electron chi connectivity index (χ3n) is 2.60. The molecule has 0 bridgehead atoms. The van der Waals surface area contributed by atoms with E-state index in [9.17, 15) is 0 Å². The standard InChI is InChI=1S/C15H17NO/c1-16(2)14-8-10-15(11-9-14)17-12-13-6-4-3-5-7-13/h3-11H,12H2,1-2H3. The van der Waals surface area contributed by atoms with Gasteiger partial charge in [0.05, 0.1) is 0 Å². The molecule has 0 heterocycles. The van der Waals surface area contributed by atoms with Gasteiger partial charge in [-0.1, -0.05) is 30.3 Å². The fraction of sp³-hybridized carbons (Fsp3) is 0.200. The van der Waals surface area contributed by atoms with Crippen LogP contribution in [-0.4, -0.2) is 14.1 Å². The van der Waals surface area contributed by atoms with Crippen molar-refractivity contribution in [3.8, 4) is 5.75 Å². The first-order chi connectivity index (χ1) is 8.25. The van der Waals surface area contributed by atoms with Gasteiger partial charge >= 0.3 is 0 Å². The predicted molar refractivity (Wildman–Crippen MR) is 71.5 cm³/mol. The molecule has 0 aliphatic heterocycles. The number of hydrogen-bond acceptors (Lipinski definition) is 2. The summed E-state index contributed by atoms with van der Waals surface area (Å²) in [4.78, 5) is 2.07. The van der Waals surface area contributed by atoms with Crippen molar-refractivity contribution in [1.82, 2.24) is 0 Å². The number of hydrogen-bond donors (Lipinski definition) is 0. The highest BCUT2D eigenvalue weighted by atomic mass is 16.5. The van der Waals surface area contributed by atoms with Crippen molar-refractivity contribution in [3.05, 3.63) is 60.2 Å². The molecule has 2 rings (SSSR count). The zero-order chi connectivity index (χ0) is 12.1. The van der Waals surface area contributed by atoms with E-state index in [4.69, 9.17) is 4.74 Å². The first-order valence-corrected chi connectivity index (χ1v) is 5.70. The van der Waals surface area contributed by atoms with Crippen LogP contribution in [0.25, 0.3) is 0 Å². The van der Waals surface area contributed by atoms with Gasteiger partial charge in [-0.25, -0.2) is 0 Å². The Morgan fingerprint density at radius 1 is 0.882 bits per heavy atom. The third-order valence-corrected chi connectivity index (χ3v) is 2.60. The fourth-order valence-electron chi connectivity index (χ4n) is 1.58. The second-order valence-corrected chi connectivity index (χ2v) is 4.16. The Bertz CT molecular complexity index is 448. The van der Waals surface area contributed by atoms with Gasteiger partial charge in [-0.15, -0.1) is 0 Å². The molecule has 2 heteroatoms. The Balaban J connectivity index is 1.96. The molecule has 0 aliphatic carbocycles. The van der Waals surface area contributed by atoms with Crippen molar-refractivity contribution in [2.75, 3.05) is 19.0 Å². The zero-order valence-corrected chi connectivity index (χ0v) is 10.3. The number of benzene rings is 2. The van der Waals surface area contributed by atoms with Crippen molar-refractivity contribution in [2.45, 2.75) is 6.61 Å². The summed E-state index contributed by atoms with van der Waals surface area (Å²) >= 11 is 0. The van der Waals surface area contributed by atoms with Crippen LogP contribution in [0, 0.1) is 0 Å². The van der Waals surface area contributed by atoms with Crippen molar-refractivity contribution in [2.24, 2.45) is 0 Å². The summed E-state index contributed by atoms with van der Waals surface area (Å²) in [5.41, 5.74) is 2.36. The monoisotopic (exact) mass is 227 g/mol. The van der Waals surface area contributed by atoms with E-state index in [1.54, 1.807) is 0 Å². The van der Waals surface area contributed by atoms with E-state index < -0.39 is 0 Å². The van der Waals surface area contributed by atoms with Crippen LogP contribution >= 0.6 is 0 Å². The molecule has 0 N–H and O–H groups in total. The van der Waals surface area contributed by atoms with E-state index >= 15 is 0 Å². The fourth-order valence-corrected chi connectivity index (χ4v) is 1.58. The van der Waals surface area contributed by atoms with Crippen molar-refractivity contribution < 1.29 is 4.74 Å². The molecular formula is C15H17NO. The van der Waals surface area contributed by atoms with Crippen LogP contribution in [0.3, 0.4) is 0 Å². The van der Waals surface area contributed by atoms with Gasteiger partial charge in [0.1, 0.15) is 12.4 Å². The third kappa shape index (κ3) is 3.25. The zero-order valence-electron chi connectivity index (χ0n) is 10.3. The molecular weight excluding hydrogens is 210 g/mol. The van der Waals surface area contributed by atoms with Crippen LogP contribution in [0.4, 0.5) is 5.69 Å². The van der Waals surface area contributed by atoms with Gasteiger partial charge in [0.15, 0.2) is 0 Å². The number of ether oxygens (including phenoxy) is 1.